The molecule has 0 aliphatic rings. The zero-order chi connectivity index (χ0) is 16.2. The number of hydrogen-bond donors (Lipinski definition) is 2. The third-order valence-corrected chi connectivity index (χ3v) is 3.34. The Labute approximate surface area is 136 Å². The first-order valence-corrected chi connectivity index (χ1v) is 7.16. The predicted molar refractivity (Wildman–Crippen MR) is 86.5 cm³/mol. The van der Waals surface area contributed by atoms with Gasteiger partial charge in [0, 0.05) is 17.8 Å². The Balaban J connectivity index is 1.64. The van der Waals surface area contributed by atoms with Crippen LogP contribution in [0.15, 0.2) is 48.8 Å². The highest BCUT2D eigenvalue weighted by molar-refractivity contribution is 6.30. The molecule has 2 N–H and O–H groups in total. The molecule has 0 radical (unpaired) electrons. The van der Waals surface area contributed by atoms with Crippen LogP contribution in [-0.4, -0.2) is 28.5 Å². The number of fused-ring (bicyclic) bond motifs is 1. The van der Waals surface area contributed by atoms with Crippen molar-refractivity contribution in [3.05, 3.63) is 59.5 Å². The summed E-state index contributed by atoms with van der Waals surface area (Å²) in [6.45, 7) is -0.397. The van der Waals surface area contributed by atoms with Crippen LogP contribution in [0.25, 0.3) is 10.9 Å². The van der Waals surface area contributed by atoms with Crippen LogP contribution in [0.2, 0.25) is 5.02 Å². The molecule has 0 fully saturated rings. The average molecular weight is 330 g/mol. The number of rotatable bonds is 4. The Morgan fingerprint density at radius 2 is 2.13 bits per heavy atom. The number of benzene rings is 1. The van der Waals surface area contributed by atoms with Gasteiger partial charge >= 0.3 is 5.97 Å². The van der Waals surface area contributed by atoms with Crippen molar-refractivity contribution < 1.29 is 14.3 Å². The molecule has 0 bridgehead atoms. The Morgan fingerprint density at radius 3 is 2.91 bits per heavy atom. The van der Waals surface area contributed by atoms with E-state index in [2.05, 4.69) is 15.3 Å². The molecule has 1 amide bonds. The molecule has 116 valence electrons. The van der Waals surface area contributed by atoms with Crippen molar-refractivity contribution >= 4 is 40.1 Å². The number of hydrogen-bond acceptors (Lipinski definition) is 4. The van der Waals surface area contributed by atoms with E-state index in [1.165, 1.54) is 12.3 Å². The number of aromatic amines is 1. The van der Waals surface area contributed by atoms with Crippen LogP contribution in [0, 0.1) is 0 Å². The number of anilines is 1. The molecule has 23 heavy (non-hydrogen) atoms. The molecule has 0 aliphatic carbocycles. The highest BCUT2D eigenvalue weighted by atomic mass is 35.5. The number of pyridine rings is 1. The molecule has 0 saturated heterocycles. The minimum atomic E-state index is -0.647. The van der Waals surface area contributed by atoms with Gasteiger partial charge in [0.1, 0.15) is 5.69 Å². The van der Waals surface area contributed by atoms with Gasteiger partial charge in [0.2, 0.25) is 0 Å². The van der Waals surface area contributed by atoms with Gasteiger partial charge in [-0.05, 0) is 30.3 Å². The Bertz CT molecular complexity index is 870. The van der Waals surface area contributed by atoms with Crippen molar-refractivity contribution in [3.63, 3.8) is 0 Å². The van der Waals surface area contributed by atoms with E-state index >= 15 is 0 Å². The van der Waals surface area contributed by atoms with Gasteiger partial charge < -0.3 is 15.0 Å². The molecule has 0 unspecified atom stereocenters. The fourth-order valence-corrected chi connectivity index (χ4v) is 2.26. The largest absolute Gasteiger partial charge is 0.451 e. The third kappa shape index (κ3) is 3.49. The summed E-state index contributed by atoms with van der Waals surface area (Å²) >= 11 is 5.71. The number of carbonyl (C=O) groups excluding carboxylic acids is 2. The van der Waals surface area contributed by atoms with E-state index in [-0.39, 0.29) is 5.69 Å². The molecule has 2 aromatic heterocycles. The second-order valence-electron chi connectivity index (χ2n) is 4.73. The lowest BCUT2D eigenvalue weighted by Crippen LogP contribution is -2.21. The van der Waals surface area contributed by atoms with Crippen LogP contribution in [0.5, 0.6) is 0 Å². The van der Waals surface area contributed by atoms with Crippen molar-refractivity contribution in [3.8, 4) is 0 Å². The highest BCUT2D eigenvalue weighted by Crippen LogP contribution is 2.21. The number of nitrogens with zero attached hydrogens (tertiary/aromatic N) is 1. The number of H-pyrrole nitrogens is 1. The normalized spacial score (nSPS) is 10.5. The maximum atomic E-state index is 12.0. The monoisotopic (exact) mass is 329 g/mol. The predicted octanol–water partition coefficient (Wildman–Crippen LogP) is 3.01. The SMILES string of the molecule is O=C(COC(=O)c1cc(Cl)c[nH]1)Nc1cccc2ncccc12. The third-order valence-electron chi connectivity index (χ3n) is 3.12. The van der Waals surface area contributed by atoms with E-state index in [0.29, 0.717) is 10.7 Å². The van der Waals surface area contributed by atoms with E-state index in [1.54, 1.807) is 24.4 Å². The molecular weight excluding hydrogens is 318 g/mol. The van der Waals surface area contributed by atoms with Gasteiger partial charge in [0.25, 0.3) is 5.91 Å². The molecule has 0 spiro atoms. The molecular formula is C16H12ClN3O3. The van der Waals surface area contributed by atoms with E-state index < -0.39 is 18.5 Å². The minimum absolute atomic E-state index is 0.192. The Kier molecular flexibility index (Phi) is 4.25. The van der Waals surface area contributed by atoms with Gasteiger partial charge in [-0.3, -0.25) is 9.78 Å². The molecule has 0 aliphatic heterocycles. The van der Waals surface area contributed by atoms with Crippen molar-refractivity contribution in [2.24, 2.45) is 0 Å². The Hall–Kier alpha value is -2.86. The lowest BCUT2D eigenvalue weighted by molar-refractivity contribution is -0.119. The van der Waals surface area contributed by atoms with Gasteiger partial charge in [0.05, 0.1) is 16.2 Å². The number of aromatic nitrogens is 2. The quantitative estimate of drug-likeness (QED) is 0.721. The van der Waals surface area contributed by atoms with Crippen LogP contribution in [0.1, 0.15) is 10.5 Å². The zero-order valence-corrected chi connectivity index (χ0v) is 12.6. The molecule has 1 aromatic carbocycles. The van der Waals surface area contributed by atoms with Crippen molar-refractivity contribution in [1.82, 2.24) is 9.97 Å². The maximum absolute atomic E-state index is 12.0. The Morgan fingerprint density at radius 1 is 1.26 bits per heavy atom. The summed E-state index contributed by atoms with van der Waals surface area (Å²) < 4.78 is 4.93. The molecule has 0 saturated carbocycles. The fraction of sp³-hybridized carbons (Fsp3) is 0.0625. The number of halogens is 1. The fourth-order valence-electron chi connectivity index (χ4n) is 2.09. The lowest BCUT2D eigenvalue weighted by Gasteiger charge is -2.08. The molecule has 2 heterocycles. The van der Waals surface area contributed by atoms with E-state index in [0.717, 1.165) is 10.9 Å². The van der Waals surface area contributed by atoms with Gasteiger partial charge in [0.15, 0.2) is 6.61 Å². The molecule has 6 nitrogen and oxygen atoms in total. The summed E-state index contributed by atoms with van der Waals surface area (Å²) in [4.78, 5) is 30.5. The van der Waals surface area contributed by atoms with E-state index in [9.17, 15) is 9.59 Å². The highest BCUT2D eigenvalue weighted by Gasteiger charge is 2.13. The van der Waals surface area contributed by atoms with Crippen LogP contribution in [-0.2, 0) is 9.53 Å². The summed E-state index contributed by atoms with van der Waals surface area (Å²) in [6.07, 6.45) is 3.14. The molecule has 0 atom stereocenters. The van der Waals surface area contributed by atoms with Crippen LogP contribution < -0.4 is 5.32 Å². The standard InChI is InChI=1S/C16H12ClN3O3/c17-10-7-14(19-8-10)16(22)23-9-15(21)20-13-5-1-4-12-11(13)3-2-6-18-12/h1-8,19H,9H2,(H,20,21). The zero-order valence-electron chi connectivity index (χ0n) is 11.9. The number of esters is 1. The number of carbonyl (C=O) groups is 2. The van der Waals surface area contributed by atoms with Gasteiger partial charge in [-0.15, -0.1) is 0 Å². The summed E-state index contributed by atoms with van der Waals surface area (Å²) in [5.41, 5.74) is 1.57. The summed E-state index contributed by atoms with van der Waals surface area (Å²) in [5.74, 6) is -1.08. The molecule has 3 aromatic rings. The summed E-state index contributed by atoms with van der Waals surface area (Å²) in [6, 6.07) is 10.5. The second kappa shape index (κ2) is 6.50. The summed E-state index contributed by atoms with van der Waals surface area (Å²) in [5, 5.41) is 3.91. The van der Waals surface area contributed by atoms with Crippen LogP contribution in [0.4, 0.5) is 5.69 Å². The topological polar surface area (TPSA) is 84.1 Å². The van der Waals surface area contributed by atoms with Crippen molar-refractivity contribution in [2.75, 3.05) is 11.9 Å². The average Bonchev–Trinajstić information content (AvgIpc) is 2.99. The van der Waals surface area contributed by atoms with Crippen LogP contribution >= 0.6 is 11.6 Å². The first-order chi connectivity index (χ1) is 11.1. The number of ether oxygens (including phenoxy) is 1. The lowest BCUT2D eigenvalue weighted by atomic mass is 10.2. The molecule has 3 rings (SSSR count). The first-order valence-electron chi connectivity index (χ1n) is 6.78. The number of nitrogens with one attached hydrogen (secondary N) is 2. The minimum Gasteiger partial charge on any atom is -0.451 e. The van der Waals surface area contributed by atoms with Gasteiger partial charge in [-0.25, -0.2) is 4.79 Å². The van der Waals surface area contributed by atoms with E-state index in [4.69, 9.17) is 16.3 Å². The van der Waals surface area contributed by atoms with E-state index in [1.807, 2.05) is 12.1 Å². The van der Waals surface area contributed by atoms with Crippen molar-refractivity contribution in [1.29, 1.82) is 0 Å². The number of amides is 1. The summed E-state index contributed by atoms with van der Waals surface area (Å²) in [7, 11) is 0. The smallest absolute Gasteiger partial charge is 0.355 e. The maximum Gasteiger partial charge on any atom is 0.355 e. The first kappa shape index (κ1) is 15.1. The van der Waals surface area contributed by atoms with Crippen molar-refractivity contribution in [2.45, 2.75) is 0 Å². The van der Waals surface area contributed by atoms with Crippen LogP contribution in [0.3, 0.4) is 0 Å². The second-order valence-corrected chi connectivity index (χ2v) is 5.17. The van der Waals surface area contributed by atoms with Gasteiger partial charge in [-0.2, -0.15) is 0 Å². The molecule has 7 heteroatoms. The van der Waals surface area contributed by atoms with Gasteiger partial charge in [-0.1, -0.05) is 17.7 Å².